The summed E-state index contributed by atoms with van der Waals surface area (Å²) < 4.78 is 27.0. The second-order valence-corrected chi connectivity index (χ2v) is 8.01. The number of sulfonamides is 1. The fourth-order valence-electron chi connectivity index (χ4n) is 1.91. The molecule has 0 saturated heterocycles. The molecule has 0 amide bonds. The molecule has 0 atom stereocenters. The van der Waals surface area contributed by atoms with Gasteiger partial charge in [-0.15, -0.1) is 11.3 Å². The van der Waals surface area contributed by atoms with Crippen LogP contribution in [-0.4, -0.2) is 19.9 Å². The van der Waals surface area contributed by atoms with Crippen molar-refractivity contribution in [3.63, 3.8) is 0 Å². The van der Waals surface area contributed by atoms with E-state index in [0.29, 0.717) is 13.1 Å². The van der Waals surface area contributed by atoms with Gasteiger partial charge in [0.2, 0.25) is 10.0 Å². The Hall–Kier alpha value is -1.15. The summed E-state index contributed by atoms with van der Waals surface area (Å²) in [7, 11) is -3.46. The Morgan fingerprint density at radius 2 is 2.10 bits per heavy atom. The Labute approximate surface area is 129 Å². The lowest BCUT2D eigenvalue weighted by atomic mass is 10.4. The molecule has 116 valence electrons. The van der Waals surface area contributed by atoms with Gasteiger partial charge in [0.15, 0.2) is 0 Å². The summed E-state index contributed by atoms with van der Waals surface area (Å²) in [5.74, 6) is 0. The number of H-pyrrole nitrogens is 1. The van der Waals surface area contributed by atoms with E-state index in [2.05, 4.69) is 21.9 Å². The van der Waals surface area contributed by atoms with Crippen molar-refractivity contribution in [3.8, 4) is 0 Å². The van der Waals surface area contributed by atoms with Gasteiger partial charge in [-0.05, 0) is 38.1 Å². The van der Waals surface area contributed by atoms with Gasteiger partial charge in [0.1, 0.15) is 0 Å². The van der Waals surface area contributed by atoms with E-state index in [1.54, 1.807) is 17.4 Å². The van der Waals surface area contributed by atoms with Crippen LogP contribution in [0.25, 0.3) is 0 Å². The molecular weight excluding hydrogens is 306 g/mol. The Kier molecular flexibility index (Phi) is 5.58. The van der Waals surface area contributed by atoms with E-state index >= 15 is 0 Å². The van der Waals surface area contributed by atoms with Gasteiger partial charge in [0.05, 0.1) is 4.90 Å². The van der Waals surface area contributed by atoms with Gasteiger partial charge >= 0.3 is 0 Å². The van der Waals surface area contributed by atoms with E-state index in [1.807, 2.05) is 19.1 Å². The van der Waals surface area contributed by atoms with Crippen LogP contribution in [0.1, 0.15) is 28.8 Å². The van der Waals surface area contributed by atoms with Crippen LogP contribution in [0, 0.1) is 6.92 Å². The topological polar surface area (TPSA) is 74.0 Å². The van der Waals surface area contributed by atoms with Crippen LogP contribution in [-0.2, 0) is 23.1 Å². The second kappa shape index (κ2) is 7.22. The minimum atomic E-state index is -3.46. The highest BCUT2D eigenvalue weighted by atomic mass is 32.2. The molecule has 0 aromatic carbocycles. The average molecular weight is 327 g/mol. The molecule has 0 aliphatic carbocycles. The summed E-state index contributed by atoms with van der Waals surface area (Å²) in [6, 6.07) is 5.60. The monoisotopic (exact) mass is 327 g/mol. The summed E-state index contributed by atoms with van der Waals surface area (Å²) >= 11 is 1.60. The van der Waals surface area contributed by atoms with Gasteiger partial charge in [-0.1, -0.05) is 6.92 Å². The van der Waals surface area contributed by atoms with Crippen molar-refractivity contribution in [1.29, 1.82) is 0 Å². The summed E-state index contributed by atoms with van der Waals surface area (Å²) in [6.07, 6.45) is 2.58. The molecule has 0 bridgehead atoms. The number of aromatic amines is 1. The highest BCUT2D eigenvalue weighted by molar-refractivity contribution is 7.89. The van der Waals surface area contributed by atoms with Crippen LogP contribution in [0.4, 0.5) is 0 Å². The smallest absolute Gasteiger partial charge is 0.242 e. The van der Waals surface area contributed by atoms with Crippen LogP contribution in [0.2, 0.25) is 0 Å². The minimum Gasteiger partial charge on any atom is -0.363 e. The molecule has 0 fully saturated rings. The van der Waals surface area contributed by atoms with Crippen molar-refractivity contribution in [3.05, 3.63) is 39.8 Å². The third-order valence-corrected chi connectivity index (χ3v) is 5.38. The maximum atomic E-state index is 12.2. The van der Waals surface area contributed by atoms with Crippen LogP contribution >= 0.6 is 11.3 Å². The van der Waals surface area contributed by atoms with Crippen LogP contribution in [0.15, 0.2) is 29.3 Å². The fourth-order valence-corrected chi connectivity index (χ4v) is 3.85. The van der Waals surface area contributed by atoms with Crippen molar-refractivity contribution >= 4 is 21.4 Å². The highest BCUT2D eigenvalue weighted by Crippen LogP contribution is 2.16. The quantitative estimate of drug-likeness (QED) is 0.652. The molecule has 3 N–H and O–H groups in total. The number of nitrogens with one attached hydrogen (secondary N) is 3. The molecule has 7 heteroatoms. The lowest BCUT2D eigenvalue weighted by molar-refractivity contribution is 0.582. The molecule has 21 heavy (non-hydrogen) atoms. The summed E-state index contributed by atoms with van der Waals surface area (Å²) in [6.45, 7) is 5.98. The first-order chi connectivity index (χ1) is 10.0. The molecule has 5 nitrogen and oxygen atoms in total. The summed E-state index contributed by atoms with van der Waals surface area (Å²) in [4.78, 5) is 5.46. The molecule has 0 aliphatic heterocycles. The molecule has 2 rings (SSSR count). The standard InChI is InChI=1S/C14H21N3O2S2/c1-3-6-15-8-12-7-14(10-16-12)21(18,19)17-9-13-5-4-11(2)20-13/h4-5,7,10,15-17H,3,6,8-9H2,1-2H3. The first-order valence-corrected chi connectivity index (χ1v) is 9.24. The first kappa shape index (κ1) is 16.2. The molecule has 0 radical (unpaired) electrons. The van der Waals surface area contributed by atoms with Gasteiger partial charge < -0.3 is 10.3 Å². The van der Waals surface area contributed by atoms with E-state index in [4.69, 9.17) is 0 Å². The van der Waals surface area contributed by atoms with Crippen molar-refractivity contribution in [2.24, 2.45) is 0 Å². The zero-order chi connectivity index (χ0) is 15.3. The molecule has 0 spiro atoms. The maximum absolute atomic E-state index is 12.2. The normalized spacial score (nSPS) is 11.9. The van der Waals surface area contributed by atoms with Crippen LogP contribution < -0.4 is 10.0 Å². The molecule has 0 unspecified atom stereocenters. The zero-order valence-electron chi connectivity index (χ0n) is 12.3. The van der Waals surface area contributed by atoms with Crippen molar-refractivity contribution in [2.75, 3.05) is 6.54 Å². The van der Waals surface area contributed by atoms with Crippen LogP contribution in [0.3, 0.4) is 0 Å². The van der Waals surface area contributed by atoms with E-state index in [9.17, 15) is 8.42 Å². The average Bonchev–Trinajstić information content (AvgIpc) is 3.06. The van der Waals surface area contributed by atoms with E-state index in [1.165, 1.54) is 11.1 Å². The Morgan fingerprint density at radius 1 is 1.29 bits per heavy atom. The van der Waals surface area contributed by atoms with Gasteiger partial charge in [-0.2, -0.15) is 0 Å². The Balaban J connectivity index is 1.95. The zero-order valence-corrected chi connectivity index (χ0v) is 13.9. The number of aryl methyl sites for hydroxylation is 1. The maximum Gasteiger partial charge on any atom is 0.242 e. The second-order valence-electron chi connectivity index (χ2n) is 4.87. The van der Waals surface area contributed by atoms with Gasteiger partial charge in [0, 0.05) is 34.7 Å². The molecule has 2 heterocycles. The number of rotatable bonds is 8. The first-order valence-electron chi connectivity index (χ1n) is 6.94. The predicted molar refractivity (Wildman–Crippen MR) is 85.9 cm³/mol. The third kappa shape index (κ3) is 4.67. The highest BCUT2D eigenvalue weighted by Gasteiger charge is 2.16. The van der Waals surface area contributed by atoms with Gasteiger partial charge in [0.25, 0.3) is 0 Å². The molecule has 0 aliphatic rings. The molecule has 2 aromatic rings. The van der Waals surface area contributed by atoms with E-state index < -0.39 is 10.0 Å². The summed E-state index contributed by atoms with van der Waals surface area (Å²) in [5, 5.41) is 3.23. The number of hydrogen-bond donors (Lipinski definition) is 3. The minimum absolute atomic E-state index is 0.282. The molecule has 0 saturated carbocycles. The van der Waals surface area contributed by atoms with E-state index in [0.717, 1.165) is 23.5 Å². The van der Waals surface area contributed by atoms with Gasteiger partial charge in [-0.3, -0.25) is 0 Å². The van der Waals surface area contributed by atoms with Crippen molar-refractivity contribution < 1.29 is 8.42 Å². The molecular formula is C14H21N3O2S2. The number of aromatic nitrogens is 1. The third-order valence-electron chi connectivity index (χ3n) is 3.00. The van der Waals surface area contributed by atoms with Crippen molar-refractivity contribution in [2.45, 2.75) is 38.3 Å². The lowest BCUT2D eigenvalue weighted by Crippen LogP contribution is -2.22. The van der Waals surface area contributed by atoms with Gasteiger partial charge in [-0.25, -0.2) is 13.1 Å². The van der Waals surface area contributed by atoms with Crippen LogP contribution in [0.5, 0.6) is 0 Å². The van der Waals surface area contributed by atoms with Crippen molar-refractivity contribution in [1.82, 2.24) is 15.0 Å². The molecule has 2 aromatic heterocycles. The predicted octanol–water partition coefficient (Wildman–Crippen LogP) is 2.36. The summed E-state index contributed by atoms with van der Waals surface area (Å²) in [5.41, 5.74) is 0.871. The Bertz CT molecular complexity index is 674. The number of thiophene rings is 1. The SMILES string of the molecule is CCCNCc1cc(S(=O)(=O)NCc2ccc(C)s2)c[nH]1. The fraction of sp³-hybridized carbons (Fsp3) is 0.429. The van der Waals surface area contributed by atoms with E-state index in [-0.39, 0.29) is 4.90 Å². The largest absolute Gasteiger partial charge is 0.363 e. The number of hydrogen-bond acceptors (Lipinski definition) is 4. The Morgan fingerprint density at radius 3 is 2.76 bits per heavy atom. The lowest BCUT2D eigenvalue weighted by Gasteiger charge is -2.03.